The van der Waals surface area contributed by atoms with Gasteiger partial charge in [0.05, 0.1) is 6.61 Å². The molecule has 30 heavy (non-hydrogen) atoms. The van der Waals surface area contributed by atoms with Crippen molar-refractivity contribution in [2.24, 2.45) is 5.92 Å². The summed E-state index contributed by atoms with van der Waals surface area (Å²) in [5.41, 5.74) is 4.27. The van der Waals surface area contributed by atoms with Crippen molar-refractivity contribution < 1.29 is 14.3 Å². The lowest BCUT2D eigenvalue weighted by atomic mass is 9.90. The molecule has 0 radical (unpaired) electrons. The van der Waals surface area contributed by atoms with E-state index >= 15 is 0 Å². The number of anilines is 1. The molecule has 1 aromatic heterocycles. The number of aromatic nitrogens is 1. The van der Waals surface area contributed by atoms with Gasteiger partial charge in [-0.05, 0) is 42.7 Å². The molecule has 0 saturated heterocycles. The summed E-state index contributed by atoms with van der Waals surface area (Å²) in [6.07, 6.45) is 7.74. The van der Waals surface area contributed by atoms with Crippen molar-refractivity contribution >= 4 is 11.6 Å². The Kier molecular flexibility index (Phi) is 7.35. The lowest BCUT2D eigenvalue weighted by Gasteiger charge is -2.23. The van der Waals surface area contributed by atoms with Crippen molar-refractivity contribution in [3.63, 3.8) is 0 Å². The highest BCUT2D eigenvalue weighted by molar-refractivity contribution is 6.07. The van der Waals surface area contributed by atoms with Crippen LogP contribution in [0.25, 0.3) is 0 Å². The van der Waals surface area contributed by atoms with Crippen molar-refractivity contribution in [3.8, 4) is 5.75 Å². The molecule has 0 bridgehead atoms. The van der Waals surface area contributed by atoms with Gasteiger partial charge in [0.1, 0.15) is 11.3 Å². The van der Waals surface area contributed by atoms with E-state index in [0.717, 1.165) is 47.2 Å². The third kappa shape index (κ3) is 4.77. The van der Waals surface area contributed by atoms with Gasteiger partial charge in [-0.2, -0.15) is 4.73 Å². The zero-order valence-corrected chi connectivity index (χ0v) is 18.7. The number of amides is 1. The number of nitrogens with zero attached hydrogens (tertiary/aromatic N) is 1. The van der Waals surface area contributed by atoms with Crippen LogP contribution in [-0.2, 0) is 12.8 Å². The molecule has 1 saturated carbocycles. The van der Waals surface area contributed by atoms with Crippen molar-refractivity contribution in [3.05, 3.63) is 57.6 Å². The minimum Gasteiger partial charge on any atom is -0.618 e. The number of aryl methyl sites for hydroxylation is 3. The van der Waals surface area contributed by atoms with E-state index in [1.54, 1.807) is 19.9 Å². The van der Waals surface area contributed by atoms with Crippen molar-refractivity contribution in [2.75, 3.05) is 11.9 Å². The lowest BCUT2D eigenvalue weighted by Crippen LogP contribution is -2.37. The fourth-order valence-corrected chi connectivity index (χ4v) is 4.40. The predicted octanol–water partition coefficient (Wildman–Crippen LogP) is 5.27. The average molecular weight is 411 g/mol. The van der Waals surface area contributed by atoms with Crippen molar-refractivity contribution in [1.82, 2.24) is 0 Å². The molecule has 1 aliphatic carbocycles. The first-order valence-corrected chi connectivity index (χ1v) is 11.2. The molecule has 1 amide bonds. The van der Waals surface area contributed by atoms with E-state index in [2.05, 4.69) is 19.2 Å². The second-order valence-corrected chi connectivity index (χ2v) is 8.33. The molecule has 3 rings (SSSR count). The second kappa shape index (κ2) is 9.96. The summed E-state index contributed by atoms with van der Waals surface area (Å²) < 4.78 is 6.97. The fourth-order valence-electron chi connectivity index (χ4n) is 4.40. The van der Waals surface area contributed by atoms with Crippen molar-refractivity contribution in [2.45, 2.75) is 72.6 Å². The van der Waals surface area contributed by atoms with Crippen LogP contribution in [-0.4, -0.2) is 12.5 Å². The van der Waals surface area contributed by atoms with Crippen LogP contribution >= 0.6 is 0 Å². The van der Waals surface area contributed by atoms with Gasteiger partial charge in [0.15, 0.2) is 5.69 Å². The summed E-state index contributed by atoms with van der Waals surface area (Å²) in [6.45, 7) is 8.18. The highest BCUT2D eigenvalue weighted by Gasteiger charge is 2.26. The Bertz CT molecular complexity index is 880. The van der Waals surface area contributed by atoms with Crippen LogP contribution in [0.4, 0.5) is 5.69 Å². The molecule has 0 atom stereocenters. The molecule has 1 heterocycles. The molecule has 1 aromatic carbocycles. The molecule has 1 aliphatic rings. The maximum absolute atomic E-state index is 13.4. The number of hydrogen-bond acceptors (Lipinski definition) is 3. The Hall–Kier alpha value is -2.56. The quantitative estimate of drug-likeness (QED) is 0.499. The van der Waals surface area contributed by atoms with E-state index in [9.17, 15) is 10.0 Å². The van der Waals surface area contributed by atoms with Gasteiger partial charge in [-0.1, -0.05) is 51.3 Å². The van der Waals surface area contributed by atoms with E-state index in [-0.39, 0.29) is 5.91 Å². The van der Waals surface area contributed by atoms with Crippen LogP contribution in [0.3, 0.4) is 0 Å². The van der Waals surface area contributed by atoms with Crippen molar-refractivity contribution in [1.29, 1.82) is 0 Å². The predicted molar refractivity (Wildman–Crippen MR) is 120 cm³/mol. The van der Waals surface area contributed by atoms with Crippen LogP contribution in [0.15, 0.2) is 24.3 Å². The minimum atomic E-state index is -0.286. The van der Waals surface area contributed by atoms with Gasteiger partial charge in [0, 0.05) is 25.6 Å². The minimum absolute atomic E-state index is 0.286. The van der Waals surface area contributed by atoms with Crippen LogP contribution in [0.1, 0.15) is 78.8 Å². The number of rotatable bonds is 7. The van der Waals surface area contributed by atoms with E-state index in [1.165, 1.54) is 19.3 Å². The Morgan fingerprint density at radius 2 is 1.77 bits per heavy atom. The first kappa shape index (κ1) is 22.1. The summed E-state index contributed by atoms with van der Waals surface area (Å²) in [7, 11) is 0. The third-order valence-corrected chi connectivity index (χ3v) is 6.24. The Labute approximate surface area is 180 Å². The molecule has 0 unspecified atom stereocenters. The van der Waals surface area contributed by atoms with Gasteiger partial charge >= 0.3 is 0 Å². The van der Waals surface area contributed by atoms with Crippen LogP contribution in [0, 0.1) is 25.0 Å². The first-order valence-electron chi connectivity index (χ1n) is 11.2. The number of para-hydroxylation sites is 1. The molecule has 5 heteroatoms. The number of nitrogens with one attached hydrogen (secondary N) is 1. The Balaban J connectivity index is 1.92. The highest BCUT2D eigenvalue weighted by atomic mass is 16.5. The van der Waals surface area contributed by atoms with Gasteiger partial charge in [-0.25, -0.2) is 0 Å². The summed E-state index contributed by atoms with van der Waals surface area (Å²) in [6, 6.07) is 7.79. The van der Waals surface area contributed by atoms with E-state index in [1.807, 2.05) is 18.2 Å². The molecule has 0 spiro atoms. The zero-order valence-electron chi connectivity index (χ0n) is 18.7. The topological polar surface area (TPSA) is 65.3 Å². The maximum Gasteiger partial charge on any atom is 0.265 e. The second-order valence-electron chi connectivity index (χ2n) is 8.33. The van der Waals surface area contributed by atoms with Gasteiger partial charge in [0.25, 0.3) is 5.91 Å². The lowest BCUT2D eigenvalue weighted by molar-refractivity contribution is -0.619. The Morgan fingerprint density at radius 1 is 1.13 bits per heavy atom. The summed E-state index contributed by atoms with van der Waals surface area (Å²) >= 11 is 0. The fraction of sp³-hybridized carbons (Fsp3) is 0.520. The van der Waals surface area contributed by atoms with Crippen LogP contribution in [0.2, 0.25) is 0 Å². The molecular formula is C25H34N2O3. The number of pyridine rings is 1. The molecule has 1 fully saturated rings. The van der Waals surface area contributed by atoms with Gasteiger partial charge in [-0.15, -0.1) is 0 Å². The van der Waals surface area contributed by atoms with Gasteiger partial charge in [0.2, 0.25) is 5.69 Å². The molecule has 2 aromatic rings. The molecule has 1 N–H and O–H groups in total. The standard InChI is InChI=1S/C25H34N2O3/c1-5-20-13-10-14-21(6-2)24(20)26-25(28)23-18(4)27(29)17(3)15-22(23)30-16-19-11-8-7-9-12-19/h10,13-15,19H,5-9,11-12,16H2,1-4H3,(H,26,28). The summed E-state index contributed by atoms with van der Waals surface area (Å²) in [5.74, 6) is 0.737. The van der Waals surface area contributed by atoms with E-state index < -0.39 is 0 Å². The number of carbonyl (C=O) groups is 1. The number of ether oxygens (including phenoxy) is 1. The van der Waals surface area contributed by atoms with Crippen LogP contribution < -0.4 is 14.8 Å². The highest BCUT2D eigenvalue weighted by Crippen LogP contribution is 2.29. The molecule has 0 aliphatic heterocycles. The largest absolute Gasteiger partial charge is 0.618 e. The zero-order chi connectivity index (χ0) is 21.7. The summed E-state index contributed by atoms with van der Waals surface area (Å²) in [4.78, 5) is 13.4. The van der Waals surface area contributed by atoms with Crippen LogP contribution in [0.5, 0.6) is 5.75 Å². The third-order valence-electron chi connectivity index (χ3n) is 6.24. The summed E-state index contributed by atoms with van der Waals surface area (Å²) in [5, 5.41) is 15.6. The monoisotopic (exact) mass is 410 g/mol. The average Bonchev–Trinajstić information content (AvgIpc) is 2.76. The number of carbonyl (C=O) groups excluding carboxylic acids is 1. The first-order chi connectivity index (χ1) is 14.5. The normalized spacial score (nSPS) is 14.5. The van der Waals surface area contributed by atoms with E-state index in [0.29, 0.717) is 35.2 Å². The smallest absolute Gasteiger partial charge is 0.265 e. The van der Waals surface area contributed by atoms with Gasteiger partial charge < -0.3 is 15.3 Å². The maximum atomic E-state index is 13.4. The molecule has 162 valence electrons. The molecule has 5 nitrogen and oxygen atoms in total. The van der Waals surface area contributed by atoms with E-state index in [4.69, 9.17) is 4.74 Å². The Morgan fingerprint density at radius 3 is 2.37 bits per heavy atom. The number of hydrogen-bond donors (Lipinski definition) is 1. The number of benzene rings is 1. The molecular weight excluding hydrogens is 376 g/mol. The van der Waals surface area contributed by atoms with Gasteiger partial charge in [-0.3, -0.25) is 4.79 Å². The SMILES string of the molecule is CCc1cccc(CC)c1NC(=O)c1c(OCC2CCCCC2)cc(C)[n+]([O-])c1C.